The fourth-order valence-electron chi connectivity index (χ4n) is 4.57. The average Bonchev–Trinajstić information content (AvgIpc) is 3.05. The van der Waals surface area contributed by atoms with Crippen molar-refractivity contribution in [3.8, 4) is 28.1 Å². The number of aromatic amines is 1. The molecular weight excluding hydrogens is 362 g/mol. The van der Waals surface area contributed by atoms with E-state index in [4.69, 9.17) is 0 Å². The van der Waals surface area contributed by atoms with Gasteiger partial charge in [-0.25, -0.2) is 4.79 Å². The highest BCUT2D eigenvalue weighted by molar-refractivity contribution is 5.97. The largest absolute Gasteiger partial charge is 0.507 e. The number of fused-ring (bicyclic) bond motifs is 5. The van der Waals surface area contributed by atoms with E-state index >= 15 is 0 Å². The minimum absolute atomic E-state index is 0.0413. The van der Waals surface area contributed by atoms with Crippen molar-refractivity contribution in [2.45, 2.75) is 26.7 Å². The highest BCUT2D eigenvalue weighted by Crippen LogP contribution is 2.41. The van der Waals surface area contributed by atoms with Crippen molar-refractivity contribution in [2.75, 3.05) is 0 Å². The molecule has 4 aromatic rings. The smallest absolute Gasteiger partial charge is 0.339 e. The molecule has 0 atom stereocenters. The van der Waals surface area contributed by atoms with Crippen molar-refractivity contribution in [1.29, 1.82) is 0 Å². The summed E-state index contributed by atoms with van der Waals surface area (Å²) in [6.45, 7) is 4.22. The molecule has 0 saturated carbocycles. The molecule has 0 unspecified atom stereocenters. The molecule has 0 bridgehead atoms. The number of carboxylic acid groups (broad SMARTS) is 1. The number of aryl methyl sites for hydroxylation is 4. The van der Waals surface area contributed by atoms with Crippen LogP contribution in [0.1, 0.15) is 32.6 Å². The van der Waals surface area contributed by atoms with E-state index in [1.54, 1.807) is 12.1 Å². The number of H-pyrrole nitrogens is 1. The van der Waals surface area contributed by atoms with Crippen LogP contribution in [0.15, 0.2) is 48.5 Å². The van der Waals surface area contributed by atoms with Crippen molar-refractivity contribution in [3.63, 3.8) is 0 Å². The Balaban J connectivity index is 1.67. The van der Waals surface area contributed by atoms with E-state index in [0.29, 0.717) is 0 Å². The summed E-state index contributed by atoms with van der Waals surface area (Å²) in [5.74, 6) is -1.30. The topological polar surface area (TPSA) is 73.3 Å². The summed E-state index contributed by atoms with van der Waals surface area (Å²) < 4.78 is 0. The Morgan fingerprint density at radius 3 is 2.41 bits per heavy atom. The van der Waals surface area contributed by atoms with Gasteiger partial charge < -0.3 is 15.2 Å². The quantitative estimate of drug-likeness (QED) is 0.420. The molecule has 144 valence electrons. The first-order chi connectivity index (χ1) is 13.9. The molecule has 1 aliphatic rings. The van der Waals surface area contributed by atoms with Crippen LogP contribution in [-0.4, -0.2) is 21.2 Å². The predicted octanol–water partition coefficient (Wildman–Crippen LogP) is 5.62. The molecule has 0 radical (unpaired) electrons. The van der Waals surface area contributed by atoms with E-state index in [9.17, 15) is 15.0 Å². The summed E-state index contributed by atoms with van der Waals surface area (Å²) in [4.78, 5) is 14.9. The van der Waals surface area contributed by atoms with Gasteiger partial charge in [0.15, 0.2) is 0 Å². The van der Waals surface area contributed by atoms with Gasteiger partial charge >= 0.3 is 5.97 Å². The van der Waals surface area contributed by atoms with Crippen LogP contribution in [0.5, 0.6) is 5.75 Å². The number of carboxylic acids is 1. The molecule has 4 nitrogen and oxygen atoms in total. The maximum atomic E-state index is 11.3. The second-order valence-electron chi connectivity index (χ2n) is 7.95. The molecule has 0 fully saturated rings. The molecular formula is C25H21NO3. The number of aromatic carboxylic acids is 1. The first kappa shape index (κ1) is 17.6. The summed E-state index contributed by atoms with van der Waals surface area (Å²) in [5.41, 5.74) is 9.89. The van der Waals surface area contributed by atoms with Gasteiger partial charge in [-0.05, 0) is 67.1 Å². The van der Waals surface area contributed by atoms with E-state index in [-0.39, 0.29) is 11.3 Å². The van der Waals surface area contributed by atoms with Gasteiger partial charge in [0.2, 0.25) is 0 Å². The summed E-state index contributed by atoms with van der Waals surface area (Å²) in [7, 11) is 0. The zero-order chi connectivity index (χ0) is 20.3. The molecule has 1 aromatic heterocycles. The number of hydrogen-bond acceptors (Lipinski definition) is 2. The number of carbonyl (C=O) groups is 1. The fraction of sp³-hybridized carbons (Fsp3) is 0.160. The number of aromatic hydroxyl groups is 1. The van der Waals surface area contributed by atoms with Crippen molar-refractivity contribution < 1.29 is 15.0 Å². The van der Waals surface area contributed by atoms with Crippen molar-refractivity contribution >= 4 is 16.9 Å². The van der Waals surface area contributed by atoms with E-state index < -0.39 is 5.97 Å². The lowest BCUT2D eigenvalue weighted by Gasteiger charge is -2.18. The van der Waals surface area contributed by atoms with Crippen molar-refractivity contribution in [1.82, 2.24) is 4.98 Å². The number of nitrogens with one attached hydrogen (secondary N) is 1. The Hall–Kier alpha value is -3.53. The van der Waals surface area contributed by atoms with E-state index in [2.05, 4.69) is 55.2 Å². The van der Waals surface area contributed by atoms with Crippen LogP contribution in [0, 0.1) is 13.8 Å². The summed E-state index contributed by atoms with van der Waals surface area (Å²) in [5, 5.41) is 20.7. The van der Waals surface area contributed by atoms with E-state index in [0.717, 1.165) is 40.7 Å². The molecule has 0 spiro atoms. The van der Waals surface area contributed by atoms with Gasteiger partial charge in [-0.1, -0.05) is 41.5 Å². The Kier molecular flexibility index (Phi) is 3.78. The van der Waals surface area contributed by atoms with Crippen LogP contribution in [-0.2, 0) is 12.8 Å². The zero-order valence-electron chi connectivity index (χ0n) is 16.3. The Bertz CT molecular complexity index is 1290. The van der Waals surface area contributed by atoms with Crippen LogP contribution in [0.2, 0.25) is 0 Å². The van der Waals surface area contributed by atoms with Gasteiger partial charge in [0.1, 0.15) is 11.3 Å². The first-order valence-corrected chi connectivity index (χ1v) is 9.73. The average molecular weight is 383 g/mol. The van der Waals surface area contributed by atoms with E-state index in [1.165, 1.54) is 27.6 Å². The number of aromatic nitrogens is 1. The molecule has 1 aliphatic carbocycles. The second-order valence-corrected chi connectivity index (χ2v) is 7.95. The van der Waals surface area contributed by atoms with Crippen molar-refractivity contribution in [3.05, 3.63) is 76.3 Å². The number of phenols is 1. The molecule has 29 heavy (non-hydrogen) atoms. The maximum Gasteiger partial charge on any atom is 0.339 e. The molecule has 4 heteroatoms. The van der Waals surface area contributed by atoms with Crippen LogP contribution < -0.4 is 0 Å². The summed E-state index contributed by atoms with van der Waals surface area (Å²) >= 11 is 0. The van der Waals surface area contributed by atoms with Gasteiger partial charge in [0.05, 0.1) is 5.69 Å². The molecule has 5 rings (SSSR count). The third-order valence-electron chi connectivity index (χ3n) is 5.83. The number of hydrogen-bond donors (Lipinski definition) is 3. The second kappa shape index (κ2) is 6.24. The normalized spacial score (nSPS) is 12.6. The molecule has 0 saturated heterocycles. The SMILES string of the molecule is Cc1cc(C)cc(-c2ccc3c4c([nH]c3c2)-c2cc(O)c(C(=O)O)cc2CC4)c1. The lowest BCUT2D eigenvalue weighted by atomic mass is 9.87. The lowest BCUT2D eigenvalue weighted by Crippen LogP contribution is -2.06. The minimum Gasteiger partial charge on any atom is -0.507 e. The van der Waals surface area contributed by atoms with Crippen LogP contribution in [0.4, 0.5) is 0 Å². The van der Waals surface area contributed by atoms with Crippen LogP contribution >= 0.6 is 0 Å². The molecule has 1 heterocycles. The fourth-order valence-corrected chi connectivity index (χ4v) is 4.57. The van der Waals surface area contributed by atoms with E-state index in [1.807, 2.05) is 0 Å². The third-order valence-corrected chi connectivity index (χ3v) is 5.83. The zero-order valence-corrected chi connectivity index (χ0v) is 16.3. The first-order valence-electron chi connectivity index (χ1n) is 9.73. The van der Waals surface area contributed by atoms with Crippen LogP contribution in [0.3, 0.4) is 0 Å². The molecule has 3 aromatic carbocycles. The van der Waals surface area contributed by atoms with Gasteiger partial charge in [-0.15, -0.1) is 0 Å². The maximum absolute atomic E-state index is 11.3. The van der Waals surface area contributed by atoms with Gasteiger partial charge in [0.25, 0.3) is 0 Å². The molecule has 3 N–H and O–H groups in total. The predicted molar refractivity (Wildman–Crippen MR) is 115 cm³/mol. The Labute approximate surface area is 168 Å². The van der Waals surface area contributed by atoms with Gasteiger partial charge in [0, 0.05) is 16.5 Å². The molecule has 0 amide bonds. The lowest BCUT2D eigenvalue weighted by molar-refractivity contribution is 0.0693. The highest BCUT2D eigenvalue weighted by atomic mass is 16.4. The van der Waals surface area contributed by atoms with Crippen LogP contribution in [0.25, 0.3) is 33.3 Å². The Morgan fingerprint density at radius 1 is 0.931 bits per heavy atom. The number of rotatable bonds is 2. The minimum atomic E-state index is -1.11. The third kappa shape index (κ3) is 2.80. The standard InChI is InChI=1S/C25H21NO3/c1-13-7-14(2)9-17(8-13)15-3-5-18-19-6-4-16-10-21(25(28)29)23(27)12-20(16)24(19)26-22(18)11-15/h3,5,7-12,26-27H,4,6H2,1-2H3,(H,28,29). The highest BCUT2D eigenvalue weighted by Gasteiger charge is 2.24. The van der Waals surface area contributed by atoms with Crippen molar-refractivity contribution in [2.24, 2.45) is 0 Å². The molecule has 0 aliphatic heterocycles. The van der Waals surface area contributed by atoms with Gasteiger partial charge in [-0.3, -0.25) is 0 Å². The Morgan fingerprint density at radius 2 is 1.69 bits per heavy atom. The monoisotopic (exact) mass is 383 g/mol. The summed E-state index contributed by atoms with van der Waals surface area (Å²) in [6.07, 6.45) is 1.60. The van der Waals surface area contributed by atoms with Gasteiger partial charge in [-0.2, -0.15) is 0 Å². The summed E-state index contributed by atoms with van der Waals surface area (Å²) in [6, 6.07) is 16.2. The number of benzene rings is 3.